The van der Waals surface area contributed by atoms with Crippen LogP contribution in [-0.4, -0.2) is 63.9 Å². The lowest BCUT2D eigenvalue weighted by Gasteiger charge is -2.31. The van der Waals surface area contributed by atoms with Gasteiger partial charge in [-0.2, -0.15) is 0 Å². The number of rotatable bonds is 5. The van der Waals surface area contributed by atoms with Crippen LogP contribution in [0.5, 0.6) is 5.75 Å². The predicted octanol–water partition coefficient (Wildman–Crippen LogP) is 0.0538. The molecule has 0 spiro atoms. The molecule has 1 saturated heterocycles. The summed E-state index contributed by atoms with van der Waals surface area (Å²) in [5.74, 6) is 0.356. The van der Waals surface area contributed by atoms with E-state index in [2.05, 4.69) is 15.2 Å². The summed E-state index contributed by atoms with van der Waals surface area (Å²) in [5.41, 5.74) is 0. The third kappa shape index (κ3) is 3.78. The van der Waals surface area contributed by atoms with E-state index in [9.17, 15) is 13.2 Å². The standard InChI is InChI=1S/C15H19N5O4S/c1-19-11-17-18-15(19)25(22,23)13-4-7-20(8-5-13)14(21)10-24-12-3-2-6-16-9-12/h2-3,6,9,11,13H,4-5,7-8,10H2,1H3. The Morgan fingerprint density at radius 3 is 2.72 bits per heavy atom. The van der Waals surface area contributed by atoms with Crippen molar-refractivity contribution in [3.05, 3.63) is 30.9 Å². The van der Waals surface area contributed by atoms with Crippen LogP contribution in [0.4, 0.5) is 0 Å². The largest absolute Gasteiger partial charge is 0.482 e. The number of carbonyl (C=O) groups excluding carboxylic acids is 1. The van der Waals surface area contributed by atoms with Crippen LogP contribution in [0, 0.1) is 0 Å². The van der Waals surface area contributed by atoms with Gasteiger partial charge in [-0.05, 0) is 25.0 Å². The van der Waals surface area contributed by atoms with E-state index in [4.69, 9.17) is 4.74 Å². The lowest BCUT2D eigenvalue weighted by atomic mass is 10.1. The van der Waals surface area contributed by atoms with Gasteiger partial charge in [0.1, 0.15) is 12.1 Å². The van der Waals surface area contributed by atoms with Crippen molar-refractivity contribution in [1.82, 2.24) is 24.6 Å². The Kier molecular flexibility index (Phi) is 4.98. The Morgan fingerprint density at radius 1 is 1.36 bits per heavy atom. The molecule has 1 amide bonds. The fourth-order valence-electron chi connectivity index (χ4n) is 2.76. The summed E-state index contributed by atoms with van der Waals surface area (Å²) in [7, 11) is -1.94. The zero-order valence-corrected chi connectivity index (χ0v) is 14.6. The first-order chi connectivity index (χ1) is 12.0. The van der Waals surface area contributed by atoms with Crippen LogP contribution in [0.25, 0.3) is 0 Å². The van der Waals surface area contributed by atoms with Crippen molar-refractivity contribution in [2.24, 2.45) is 7.05 Å². The first-order valence-corrected chi connectivity index (χ1v) is 9.41. The third-order valence-corrected chi connectivity index (χ3v) is 6.38. The Hall–Kier alpha value is -2.49. The summed E-state index contributed by atoms with van der Waals surface area (Å²) in [6.45, 7) is 0.653. The van der Waals surface area contributed by atoms with Crippen molar-refractivity contribution in [2.45, 2.75) is 23.2 Å². The summed E-state index contributed by atoms with van der Waals surface area (Å²) in [5, 5.41) is 6.74. The van der Waals surface area contributed by atoms with E-state index in [1.165, 1.54) is 17.1 Å². The molecule has 10 heteroatoms. The molecule has 1 aliphatic rings. The molecule has 2 aromatic heterocycles. The van der Waals surface area contributed by atoms with Crippen LogP contribution in [0.3, 0.4) is 0 Å². The number of carbonyl (C=O) groups is 1. The second-order valence-corrected chi connectivity index (χ2v) is 7.95. The summed E-state index contributed by atoms with van der Waals surface area (Å²) in [4.78, 5) is 17.8. The molecule has 0 aromatic carbocycles. The zero-order valence-electron chi connectivity index (χ0n) is 13.8. The molecule has 134 valence electrons. The number of aromatic nitrogens is 4. The fourth-order valence-corrected chi connectivity index (χ4v) is 4.50. The molecule has 0 radical (unpaired) electrons. The van der Waals surface area contributed by atoms with Crippen LogP contribution >= 0.6 is 0 Å². The number of aryl methyl sites for hydroxylation is 1. The first-order valence-electron chi connectivity index (χ1n) is 7.87. The van der Waals surface area contributed by atoms with Gasteiger partial charge in [-0.15, -0.1) is 10.2 Å². The molecule has 0 saturated carbocycles. The highest BCUT2D eigenvalue weighted by Crippen LogP contribution is 2.23. The number of pyridine rings is 1. The molecule has 1 fully saturated rings. The minimum Gasteiger partial charge on any atom is -0.482 e. The minimum absolute atomic E-state index is 0.0304. The first kappa shape index (κ1) is 17.3. The molecule has 2 aromatic rings. The van der Waals surface area contributed by atoms with E-state index in [0.717, 1.165) is 0 Å². The highest BCUT2D eigenvalue weighted by atomic mass is 32.2. The highest BCUT2D eigenvalue weighted by Gasteiger charge is 2.35. The zero-order chi connectivity index (χ0) is 17.9. The van der Waals surface area contributed by atoms with Gasteiger partial charge >= 0.3 is 0 Å². The molecule has 0 aliphatic carbocycles. The summed E-state index contributed by atoms with van der Waals surface area (Å²) in [6, 6.07) is 3.45. The average molecular weight is 365 g/mol. The molecule has 0 N–H and O–H groups in total. The lowest BCUT2D eigenvalue weighted by molar-refractivity contribution is -0.134. The van der Waals surface area contributed by atoms with E-state index in [0.29, 0.717) is 31.7 Å². The van der Waals surface area contributed by atoms with E-state index in [-0.39, 0.29) is 17.7 Å². The minimum atomic E-state index is -3.54. The van der Waals surface area contributed by atoms with Crippen molar-refractivity contribution in [1.29, 1.82) is 0 Å². The Morgan fingerprint density at radius 2 is 2.12 bits per heavy atom. The molecular formula is C15H19N5O4S. The number of piperidine rings is 1. The van der Waals surface area contributed by atoms with E-state index in [1.54, 1.807) is 30.3 Å². The van der Waals surface area contributed by atoms with Crippen molar-refractivity contribution < 1.29 is 17.9 Å². The van der Waals surface area contributed by atoms with Gasteiger partial charge in [0.25, 0.3) is 5.91 Å². The maximum absolute atomic E-state index is 12.6. The van der Waals surface area contributed by atoms with Crippen LogP contribution in [0.15, 0.2) is 36.0 Å². The normalized spacial score (nSPS) is 16.0. The molecule has 0 atom stereocenters. The van der Waals surface area contributed by atoms with Gasteiger partial charge in [0.2, 0.25) is 15.0 Å². The topological polar surface area (TPSA) is 107 Å². The number of sulfone groups is 1. The van der Waals surface area contributed by atoms with Gasteiger partial charge in [0.05, 0.1) is 11.4 Å². The summed E-state index contributed by atoms with van der Waals surface area (Å²) >= 11 is 0. The molecule has 0 unspecified atom stereocenters. The number of nitrogens with zero attached hydrogens (tertiary/aromatic N) is 5. The smallest absolute Gasteiger partial charge is 0.260 e. The maximum Gasteiger partial charge on any atom is 0.260 e. The van der Waals surface area contributed by atoms with Gasteiger partial charge in [0.15, 0.2) is 6.61 Å². The molecule has 9 nitrogen and oxygen atoms in total. The van der Waals surface area contributed by atoms with Gasteiger partial charge in [-0.3, -0.25) is 9.78 Å². The monoisotopic (exact) mass is 365 g/mol. The van der Waals surface area contributed by atoms with E-state index >= 15 is 0 Å². The number of likely N-dealkylation sites (tertiary alicyclic amines) is 1. The van der Waals surface area contributed by atoms with Crippen molar-refractivity contribution in [2.75, 3.05) is 19.7 Å². The van der Waals surface area contributed by atoms with E-state index < -0.39 is 15.1 Å². The average Bonchev–Trinajstić information content (AvgIpc) is 3.07. The number of hydrogen-bond acceptors (Lipinski definition) is 7. The Balaban J connectivity index is 1.55. The van der Waals surface area contributed by atoms with Crippen LogP contribution in [0.1, 0.15) is 12.8 Å². The van der Waals surface area contributed by atoms with Gasteiger partial charge < -0.3 is 14.2 Å². The maximum atomic E-state index is 12.6. The van der Waals surface area contributed by atoms with Crippen LogP contribution in [-0.2, 0) is 21.7 Å². The van der Waals surface area contributed by atoms with Gasteiger partial charge in [-0.25, -0.2) is 8.42 Å². The van der Waals surface area contributed by atoms with Crippen molar-refractivity contribution in [3.8, 4) is 5.75 Å². The quantitative estimate of drug-likeness (QED) is 0.737. The number of hydrogen-bond donors (Lipinski definition) is 0. The molecule has 3 rings (SSSR count). The van der Waals surface area contributed by atoms with Gasteiger partial charge in [-0.1, -0.05) is 0 Å². The lowest BCUT2D eigenvalue weighted by Crippen LogP contribution is -2.44. The molecule has 0 bridgehead atoms. The predicted molar refractivity (Wildman–Crippen MR) is 87.5 cm³/mol. The summed E-state index contributed by atoms with van der Waals surface area (Å²) < 4.78 is 32.0. The Labute approximate surface area is 145 Å². The van der Waals surface area contributed by atoms with Crippen LogP contribution < -0.4 is 4.74 Å². The number of amides is 1. The molecule has 1 aliphatic heterocycles. The van der Waals surface area contributed by atoms with Gasteiger partial charge in [0, 0.05) is 26.3 Å². The molecular weight excluding hydrogens is 346 g/mol. The molecule has 3 heterocycles. The van der Waals surface area contributed by atoms with Crippen LogP contribution in [0.2, 0.25) is 0 Å². The van der Waals surface area contributed by atoms with Crippen molar-refractivity contribution in [3.63, 3.8) is 0 Å². The Bertz CT molecular complexity index is 829. The SMILES string of the molecule is Cn1cnnc1S(=O)(=O)C1CCN(C(=O)COc2cccnc2)CC1. The summed E-state index contributed by atoms with van der Waals surface area (Å²) in [6.07, 6.45) is 5.26. The number of ether oxygens (including phenoxy) is 1. The van der Waals surface area contributed by atoms with Crippen molar-refractivity contribution >= 4 is 15.7 Å². The second kappa shape index (κ2) is 7.18. The third-order valence-electron chi connectivity index (χ3n) is 4.15. The molecule has 25 heavy (non-hydrogen) atoms. The second-order valence-electron chi connectivity index (χ2n) is 5.83. The highest BCUT2D eigenvalue weighted by molar-refractivity contribution is 7.91. The fraction of sp³-hybridized carbons (Fsp3) is 0.467. The van der Waals surface area contributed by atoms with E-state index in [1.807, 2.05) is 0 Å².